The summed E-state index contributed by atoms with van der Waals surface area (Å²) in [7, 11) is 0. The van der Waals surface area contributed by atoms with Gasteiger partial charge in [0.2, 0.25) is 0 Å². The van der Waals surface area contributed by atoms with E-state index in [4.69, 9.17) is 15.3 Å². The van der Waals surface area contributed by atoms with Gasteiger partial charge in [-0.1, -0.05) is 0 Å². The Morgan fingerprint density at radius 2 is 0.947 bits per heavy atom. The first-order valence-electron chi connectivity index (χ1n) is 8.97. The van der Waals surface area contributed by atoms with E-state index in [1.807, 2.05) is 0 Å². The second kappa shape index (κ2) is 10.3. The fourth-order valence-electron chi connectivity index (χ4n) is 2.35. The topological polar surface area (TPSA) is 107 Å². The number of aliphatic hydroxyl groups is 1. The van der Waals surface area contributed by atoms with Gasteiger partial charge in [0.15, 0.2) is 0 Å². The lowest BCUT2D eigenvalue weighted by atomic mass is 9.87. The summed E-state index contributed by atoms with van der Waals surface area (Å²) in [5, 5.41) is 27.3. The molecule has 0 amide bonds. The minimum atomic E-state index is -8.82. The molecule has 0 aromatic carbocycles. The largest absolute Gasteiger partial charge is 0.481 e. The third-order valence-electron chi connectivity index (χ3n) is 4.67. The van der Waals surface area contributed by atoms with E-state index in [1.54, 1.807) is 0 Å². The molecule has 0 heterocycles. The van der Waals surface area contributed by atoms with Crippen LogP contribution in [0.2, 0.25) is 0 Å². The number of hydrogen-bond acceptors (Lipinski definition) is 4. The van der Waals surface area contributed by atoms with E-state index in [0.717, 1.165) is 0 Å². The lowest BCUT2D eigenvalue weighted by Gasteiger charge is -2.43. The Morgan fingerprint density at radius 1 is 0.605 bits per heavy atom. The summed E-state index contributed by atoms with van der Waals surface area (Å²) in [6.07, 6.45) is -14.6. The Hall–Kier alpha value is -2.33. The lowest BCUT2D eigenvalue weighted by molar-refractivity contribution is -0.464. The van der Waals surface area contributed by atoms with Crippen LogP contribution in [0.5, 0.6) is 0 Å². The Morgan fingerprint density at radius 3 is 1.26 bits per heavy atom. The van der Waals surface area contributed by atoms with Crippen LogP contribution in [0.15, 0.2) is 0 Å². The van der Waals surface area contributed by atoms with Crippen LogP contribution in [0, 0.1) is 0 Å². The van der Waals surface area contributed by atoms with Gasteiger partial charge in [0.05, 0.1) is 0 Å². The van der Waals surface area contributed by atoms with Crippen molar-refractivity contribution in [3.8, 4) is 0 Å². The normalized spacial score (nSPS) is 16.8. The molecule has 0 aliphatic heterocycles. The van der Waals surface area contributed by atoms with E-state index in [9.17, 15) is 84.2 Å². The molecule has 38 heavy (non-hydrogen) atoms. The van der Waals surface area contributed by atoms with Crippen molar-refractivity contribution < 1.29 is 99.5 Å². The highest BCUT2D eigenvalue weighted by atomic mass is 19.4. The van der Waals surface area contributed by atoms with Gasteiger partial charge in [0.1, 0.15) is 12.1 Å². The van der Waals surface area contributed by atoms with Crippen LogP contribution in [-0.2, 0) is 9.59 Å². The molecule has 0 bridgehead atoms. The Kier molecular flexibility index (Phi) is 9.70. The number of nitrogens with one attached hydrogen (secondary N) is 1. The van der Waals surface area contributed by atoms with Crippen molar-refractivity contribution in [1.29, 1.82) is 0 Å². The predicted octanol–water partition coefficient (Wildman–Crippen LogP) is 4.26. The van der Waals surface area contributed by atoms with Crippen molar-refractivity contribution >= 4 is 11.9 Å². The highest BCUT2D eigenvalue weighted by molar-refractivity contribution is 5.75. The highest BCUT2D eigenvalue weighted by Gasteiger charge is 2.95. The molecular weight excluding hydrogens is 597 g/mol. The third kappa shape index (κ3) is 5.52. The minimum Gasteiger partial charge on any atom is -0.481 e. The smallest absolute Gasteiger partial charge is 0.460 e. The Labute approximate surface area is 197 Å². The van der Waals surface area contributed by atoms with Crippen LogP contribution in [0.3, 0.4) is 0 Å². The molecule has 4 N–H and O–H groups in total. The monoisotopic (exact) mass is 609 g/mol. The zero-order valence-electron chi connectivity index (χ0n) is 17.4. The zero-order chi connectivity index (χ0) is 31.1. The van der Waals surface area contributed by atoms with Crippen molar-refractivity contribution in [2.75, 3.05) is 6.54 Å². The van der Waals surface area contributed by atoms with Crippen LogP contribution >= 0.6 is 0 Å². The molecule has 23 heteroatoms. The molecule has 226 valence electrons. The number of aliphatic hydroxyl groups excluding tert-OH is 1. The summed E-state index contributed by atoms with van der Waals surface area (Å²) in [4.78, 5) is 21.2. The molecule has 2 atom stereocenters. The van der Waals surface area contributed by atoms with E-state index >= 15 is 0 Å². The quantitative estimate of drug-likeness (QED) is 0.220. The fourth-order valence-corrected chi connectivity index (χ4v) is 2.35. The lowest BCUT2D eigenvalue weighted by Crippen LogP contribution is -2.75. The average Bonchev–Trinajstić information content (AvgIpc) is 2.71. The van der Waals surface area contributed by atoms with Gasteiger partial charge in [-0.2, -0.15) is 74.6 Å². The van der Waals surface area contributed by atoms with Crippen LogP contribution < -0.4 is 5.32 Å². The number of hydrogen-bond donors (Lipinski definition) is 4. The van der Waals surface area contributed by atoms with Gasteiger partial charge in [0.25, 0.3) is 0 Å². The third-order valence-corrected chi connectivity index (χ3v) is 4.67. The summed E-state index contributed by atoms with van der Waals surface area (Å²) in [6, 6.07) is -2.35. The second-order valence-electron chi connectivity index (χ2n) is 7.31. The van der Waals surface area contributed by atoms with Crippen LogP contribution in [0.4, 0.5) is 74.6 Å². The van der Waals surface area contributed by atoms with Gasteiger partial charge in [-0.15, -0.1) is 0 Å². The van der Waals surface area contributed by atoms with Gasteiger partial charge >= 0.3 is 59.6 Å². The molecule has 0 aliphatic carbocycles. The van der Waals surface area contributed by atoms with E-state index in [0.29, 0.717) is 0 Å². The van der Waals surface area contributed by atoms with Crippen molar-refractivity contribution in [3.63, 3.8) is 0 Å². The number of halogens is 17. The molecule has 0 aromatic rings. The summed E-state index contributed by atoms with van der Waals surface area (Å²) in [5.41, 5.74) is 0. The van der Waals surface area contributed by atoms with E-state index in [2.05, 4.69) is 0 Å². The van der Waals surface area contributed by atoms with E-state index in [1.165, 1.54) is 5.32 Å². The molecule has 0 radical (unpaired) electrons. The van der Waals surface area contributed by atoms with Gasteiger partial charge in [0, 0.05) is 13.0 Å². The van der Waals surface area contributed by atoms with Crippen LogP contribution in [-0.4, -0.2) is 93.6 Å². The van der Waals surface area contributed by atoms with Crippen molar-refractivity contribution in [2.24, 2.45) is 0 Å². The van der Waals surface area contributed by atoms with Crippen molar-refractivity contribution in [1.82, 2.24) is 5.32 Å². The number of carboxylic acid groups (broad SMARTS) is 2. The minimum absolute atomic E-state index is 1.08. The predicted molar refractivity (Wildman–Crippen MR) is 83.0 cm³/mol. The maximum Gasteiger partial charge on any atom is 0.460 e. The molecule has 0 saturated carbocycles. The maximum absolute atomic E-state index is 13.8. The molecule has 0 unspecified atom stereocenters. The first kappa shape index (κ1) is 35.7. The Balaban J connectivity index is 6.40. The average molecular weight is 609 g/mol. The molecular formula is C15H12F17NO5. The fraction of sp³-hybridized carbons (Fsp3) is 0.867. The maximum atomic E-state index is 13.8. The second-order valence-corrected chi connectivity index (χ2v) is 7.31. The number of rotatable bonds is 14. The Bertz CT molecular complexity index is 872. The molecule has 0 aliphatic rings. The summed E-state index contributed by atoms with van der Waals surface area (Å²) in [6.45, 7) is -2.35. The van der Waals surface area contributed by atoms with Crippen LogP contribution in [0.1, 0.15) is 12.8 Å². The zero-order valence-corrected chi connectivity index (χ0v) is 17.4. The van der Waals surface area contributed by atoms with Gasteiger partial charge in [-0.25, -0.2) is 0 Å². The first-order valence-corrected chi connectivity index (χ1v) is 8.97. The van der Waals surface area contributed by atoms with Gasteiger partial charge in [-0.05, 0) is 6.42 Å². The molecule has 0 saturated heterocycles. The molecule has 0 aromatic heterocycles. The van der Waals surface area contributed by atoms with Crippen molar-refractivity contribution in [3.05, 3.63) is 0 Å². The van der Waals surface area contributed by atoms with E-state index < -0.39 is 91.1 Å². The standard InChI is InChI=1S/C15H12F17NO5/c16-8(17,5(34)3-33-4(7(37)38)1-2-6(35)36)9(18,19)10(20,21)11(22,23)12(24,25)13(26,27)14(28,29)15(30,31)32/h4-5,33-34H,1-3H2,(H,35,36)(H,37,38)/t4-,5-/m0/s1. The van der Waals surface area contributed by atoms with E-state index in [-0.39, 0.29) is 0 Å². The number of carboxylic acids is 2. The SMILES string of the molecule is O=C(O)CC[C@H](NC[C@H](O)C(F)(F)C(F)(F)C(F)(F)C(F)(F)C(F)(F)C(F)(F)C(F)(F)C(F)(F)F)C(=O)O. The molecule has 0 fully saturated rings. The molecule has 0 rings (SSSR count). The molecule has 0 spiro atoms. The van der Waals surface area contributed by atoms with Crippen LogP contribution in [0.25, 0.3) is 0 Å². The summed E-state index contributed by atoms with van der Waals surface area (Å²) >= 11 is 0. The van der Waals surface area contributed by atoms with Crippen molar-refractivity contribution in [2.45, 2.75) is 72.6 Å². The number of aliphatic carboxylic acids is 2. The number of carbonyl (C=O) groups is 2. The number of alkyl halides is 17. The molecule has 6 nitrogen and oxygen atoms in total. The summed E-state index contributed by atoms with van der Waals surface area (Å²) in [5.74, 6) is -62.4. The van der Waals surface area contributed by atoms with Gasteiger partial charge in [-0.3, -0.25) is 9.59 Å². The van der Waals surface area contributed by atoms with Gasteiger partial charge < -0.3 is 20.6 Å². The first-order chi connectivity index (χ1) is 16.4. The summed E-state index contributed by atoms with van der Waals surface area (Å²) < 4.78 is 224. The highest BCUT2D eigenvalue weighted by Crippen LogP contribution is 2.64.